The quantitative estimate of drug-likeness (QED) is 0.489. The number of benzene rings is 2. The molecule has 3 amide bonds. The minimum atomic E-state index is -0.701. The summed E-state index contributed by atoms with van der Waals surface area (Å²) in [6, 6.07) is 9.85. The molecule has 2 aromatic carbocycles. The third-order valence-corrected chi connectivity index (χ3v) is 5.79. The largest absolute Gasteiger partial charge is 0.493 e. The van der Waals surface area contributed by atoms with Crippen LogP contribution >= 0.6 is 0 Å². The Labute approximate surface area is 190 Å². The first kappa shape index (κ1) is 22.3. The van der Waals surface area contributed by atoms with Crippen molar-refractivity contribution in [1.82, 2.24) is 4.90 Å². The normalized spacial score (nSPS) is 15.3. The molecule has 9 nitrogen and oxygen atoms in total. The number of hydrogen-bond acceptors (Lipinski definition) is 7. The van der Waals surface area contributed by atoms with Crippen LogP contribution in [0.4, 0.5) is 5.69 Å². The molecular formula is C24H24N2O7. The Morgan fingerprint density at radius 1 is 0.909 bits per heavy atom. The molecule has 172 valence electrons. The summed E-state index contributed by atoms with van der Waals surface area (Å²) in [5.41, 5.74) is 2.51. The molecule has 0 saturated carbocycles. The van der Waals surface area contributed by atoms with E-state index in [0.29, 0.717) is 36.7 Å². The van der Waals surface area contributed by atoms with Crippen LogP contribution in [0.15, 0.2) is 36.4 Å². The van der Waals surface area contributed by atoms with E-state index in [1.54, 1.807) is 31.3 Å². The topological polar surface area (TPSA) is 102 Å². The van der Waals surface area contributed by atoms with Crippen molar-refractivity contribution in [2.75, 3.05) is 32.3 Å². The lowest BCUT2D eigenvalue weighted by atomic mass is 9.99. The zero-order valence-electron chi connectivity index (χ0n) is 18.5. The van der Waals surface area contributed by atoms with Crippen LogP contribution in [0.5, 0.6) is 11.5 Å². The van der Waals surface area contributed by atoms with Gasteiger partial charge < -0.3 is 19.1 Å². The van der Waals surface area contributed by atoms with Crippen molar-refractivity contribution in [3.63, 3.8) is 0 Å². The molecule has 0 atom stereocenters. The van der Waals surface area contributed by atoms with Gasteiger partial charge in [0.25, 0.3) is 5.91 Å². The molecular weight excluding hydrogens is 428 g/mol. The molecule has 0 N–H and O–H groups in total. The highest BCUT2D eigenvalue weighted by Gasteiger charge is 2.31. The maximum absolute atomic E-state index is 12.7. The van der Waals surface area contributed by atoms with Gasteiger partial charge in [-0.1, -0.05) is 6.07 Å². The summed E-state index contributed by atoms with van der Waals surface area (Å²) in [5, 5.41) is 0. The van der Waals surface area contributed by atoms with Crippen molar-refractivity contribution >= 4 is 29.4 Å². The van der Waals surface area contributed by atoms with E-state index in [2.05, 4.69) is 0 Å². The maximum Gasteiger partial charge on any atom is 0.338 e. The molecule has 2 aliphatic heterocycles. The second kappa shape index (κ2) is 9.32. The van der Waals surface area contributed by atoms with Crippen molar-refractivity contribution < 1.29 is 33.4 Å². The number of esters is 1. The molecule has 2 heterocycles. The van der Waals surface area contributed by atoms with Crippen LogP contribution in [0.1, 0.15) is 34.3 Å². The van der Waals surface area contributed by atoms with E-state index in [1.165, 1.54) is 12.1 Å². The number of nitrogens with zero attached hydrogens (tertiary/aromatic N) is 2. The van der Waals surface area contributed by atoms with Crippen molar-refractivity contribution in [1.29, 1.82) is 0 Å². The van der Waals surface area contributed by atoms with Crippen LogP contribution in [0, 0.1) is 0 Å². The highest BCUT2D eigenvalue weighted by molar-refractivity contribution is 6.20. The fraction of sp³-hybridized carbons (Fsp3) is 0.333. The van der Waals surface area contributed by atoms with E-state index in [9.17, 15) is 19.2 Å². The Bertz CT molecular complexity index is 1110. The molecule has 0 aromatic heterocycles. The molecule has 4 rings (SSSR count). The highest BCUT2D eigenvalue weighted by atomic mass is 16.5. The summed E-state index contributed by atoms with van der Waals surface area (Å²) in [5.74, 6) is -0.394. The van der Waals surface area contributed by atoms with Crippen LogP contribution in [0.3, 0.4) is 0 Å². The fourth-order valence-electron chi connectivity index (χ4n) is 4.03. The molecule has 0 bridgehead atoms. The Morgan fingerprint density at radius 2 is 1.58 bits per heavy atom. The summed E-state index contributed by atoms with van der Waals surface area (Å²) in [7, 11) is 3.13. The fourth-order valence-corrected chi connectivity index (χ4v) is 4.03. The van der Waals surface area contributed by atoms with Gasteiger partial charge in [0.1, 0.15) is 0 Å². The third kappa shape index (κ3) is 4.52. The number of carbonyl (C=O) groups is 4. The van der Waals surface area contributed by atoms with E-state index in [4.69, 9.17) is 14.2 Å². The highest BCUT2D eigenvalue weighted by Crippen LogP contribution is 2.33. The predicted molar refractivity (Wildman–Crippen MR) is 117 cm³/mol. The maximum atomic E-state index is 12.7. The summed E-state index contributed by atoms with van der Waals surface area (Å²) in [4.78, 5) is 51.8. The van der Waals surface area contributed by atoms with E-state index in [1.807, 2.05) is 12.1 Å². The Hall–Kier alpha value is -3.88. The summed E-state index contributed by atoms with van der Waals surface area (Å²) in [6.45, 7) is 0.460. The lowest BCUT2D eigenvalue weighted by molar-refractivity contribution is -0.135. The zero-order chi connectivity index (χ0) is 23.5. The summed E-state index contributed by atoms with van der Waals surface area (Å²) >= 11 is 0. The van der Waals surface area contributed by atoms with E-state index in [0.717, 1.165) is 16.0 Å². The van der Waals surface area contributed by atoms with Crippen molar-refractivity contribution in [3.05, 3.63) is 53.1 Å². The second-order valence-corrected chi connectivity index (χ2v) is 7.79. The third-order valence-electron chi connectivity index (χ3n) is 5.79. The minimum Gasteiger partial charge on any atom is -0.493 e. The number of ether oxygens (including phenoxy) is 3. The molecule has 2 aromatic rings. The summed E-state index contributed by atoms with van der Waals surface area (Å²) in [6.07, 6.45) is 0.953. The number of anilines is 1. The van der Waals surface area contributed by atoms with Crippen molar-refractivity contribution in [2.45, 2.75) is 25.8 Å². The Morgan fingerprint density at radius 3 is 2.24 bits per heavy atom. The molecule has 1 fully saturated rings. The first-order valence-corrected chi connectivity index (χ1v) is 10.6. The molecule has 9 heteroatoms. The average Bonchev–Trinajstić information content (AvgIpc) is 3.18. The van der Waals surface area contributed by atoms with Gasteiger partial charge in [-0.05, 0) is 47.9 Å². The molecule has 1 saturated heterocycles. The van der Waals surface area contributed by atoms with Gasteiger partial charge in [-0.2, -0.15) is 0 Å². The van der Waals surface area contributed by atoms with Crippen LogP contribution in [0.2, 0.25) is 0 Å². The number of methoxy groups -OCH3 is 2. The predicted octanol–water partition coefficient (Wildman–Crippen LogP) is 2.10. The van der Waals surface area contributed by atoms with Gasteiger partial charge in [0.2, 0.25) is 11.8 Å². The minimum absolute atomic E-state index is 0.152. The van der Waals surface area contributed by atoms with Crippen molar-refractivity contribution in [2.24, 2.45) is 0 Å². The summed E-state index contributed by atoms with van der Waals surface area (Å²) < 4.78 is 15.9. The van der Waals surface area contributed by atoms with Crippen LogP contribution in [-0.2, 0) is 32.1 Å². The SMILES string of the molecule is COc1cc2c(cc1OC)CN(C(=O)COC(=O)c1cccc(N3C(=O)CCC3=O)c1)CC2. The molecule has 2 aliphatic rings. The zero-order valence-corrected chi connectivity index (χ0v) is 18.5. The first-order chi connectivity index (χ1) is 15.9. The van der Waals surface area contributed by atoms with Gasteiger partial charge in [0.15, 0.2) is 18.1 Å². The van der Waals surface area contributed by atoms with Gasteiger partial charge in [-0.3, -0.25) is 19.3 Å². The Kier molecular flexibility index (Phi) is 6.30. The monoisotopic (exact) mass is 452 g/mol. The van der Waals surface area contributed by atoms with E-state index >= 15 is 0 Å². The number of imide groups is 1. The van der Waals surface area contributed by atoms with Gasteiger partial charge >= 0.3 is 5.97 Å². The lowest BCUT2D eigenvalue weighted by Gasteiger charge is -2.29. The second-order valence-electron chi connectivity index (χ2n) is 7.79. The van der Waals surface area contributed by atoms with Gasteiger partial charge in [-0.25, -0.2) is 4.79 Å². The standard InChI is InChI=1S/C24H24N2O7/c1-31-19-11-15-8-9-25(13-17(15)12-20(19)32-2)23(29)14-33-24(30)16-4-3-5-18(10-16)26-21(27)6-7-22(26)28/h3-5,10-12H,6-9,13-14H2,1-2H3. The van der Waals surface area contributed by atoms with Gasteiger partial charge in [0, 0.05) is 25.9 Å². The molecule has 0 spiro atoms. The van der Waals surface area contributed by atoms with E-state index < -0.39 is 12.6 Å². The molecule has 33 heavy (non-hydrogen) atoms. The smallest absolute Gasteiger partial charge is 0.338 e. The number of amides is 3. The van der Waals surface area contributed by atoms with Crippen LogP contribution in [-0.4, -0.2) is 56.0 Å². The van der Waals surface area contributed by atoms with Crippen LogP contribution in [0.25, 0.3) is 0 Å². The molecule has 0 radical (unpaired) electrons. The molecule has 0 aliphatic carbocycles. The first-order valence-electron chi connectivity index (χ1n) is 10.6. The lowest BCUT2D eigenvalue weighted by Crippen LogP contribution is -2.38. The average molecular weight is 452 g/mol. The number of fused-ring (bicyclic) bond motifs is 1. The van der Waals surface area contributed by atoms with Crippen molar-refractivity contribution in [3.8, 4) is 11.5 Å². The molecule has 0 unspecified atom stereocenters. The van der Waals surface area contributed by atoms with E-state index in [-0.39, 0.29) is 36.1 Å². The number of carbonyl (C=O) groups excluding carboxylic acids is 4. The number of rotatable bonds is 6. The van der Waals surface area contributed by atoms with Crippen LogP contribution < -0.4 is 14.4 Å². The van der Waals surface area contributed by atoms with Gasteiger partial charge in [0.05, 0.1) is 25.5 Å². The van der Waals surface area contributed by atoms with Gasteiger partial charge in [-0.15, -0.1) is 0 Å². The number of hydrogen-bond donors (Lipinski definition) is 0. The Balaban J connectivity index is 1.39.